The summed E-state index contributed by atoms with van der Waals surface area (Å²) in [6, 6.07) is 5.04. The van der Waals surface area contributed by atoms with Gasteiger partial charge in [-0.25, -0.2) is 9.37 Å². The Morgan fingerprint density at radius 1 is 1.40 bits per heavy atom. The molecule has 0 amide bonds. The zero-order valence-electron chi connectivity index (χ0n) is 11.4. The SMILES string of the molecule is COc1nc(NC(C)c2ccc(C)c(F)c2)ncc1Br. The number of methoxy groups -OCH3 is 1. The molecule has 0 aliphatic carbocycles. The van der Waals surface area contributed by atoms with Crippen molar-refractivity contribution >= 4 is 21.9 Å². The second-order valence-corrected chi connectivity index (χ2v) is 5.28. The molecule has 2 rings (SSSR count). The van der Waals surface area contributed by atoms with Crippen molar-refractivity contribution in [3.63, 3.8) is 0 Å². The van der Waals surface area contributed by atoms with Gasteiger partial charge in [-0.2, -0.15) is 4.98 Å². The third-order valence-electron chi connectivity index (χ3n) is 2.95. The maximum absolute atomic E-state index is 13.6. The molecular formula is C14H15BrFN3O. The highest BCUT2D eigenvalue weighted by Gasteiger charge is 2.11. The van der Waals surface area contributed by atoms with Gasteiger partial charge in [-0.15, -0.1) is 0 Å². The number of nitrogens with one attached hydrogen (secondary N) is 1. The van der Waals surface area contributed by atoms with E-state index in [-0.39, 0.29) is 11.9 Å². The Hall–Kier alpha value is -1.69. The number of hydrogen-bond acceptors (Lipinski definition) is 4. The molecule has 1 heterocycles. The van der Waals surface area contributed by atoms with Gasteiger partial charge in [0.15, 0.2) is 0 Å². The van der Waals surface area contributed by atoms with Gasteiger partial charge >= 0.3 is 0 Å². The molecule has 2 aromatic rings. The monoisotopic (exact) mass is 339 g/mol. The molecule has 0 aliphatic rings. The first kappa shape index (κ1) is 14.7. The van der Waals surface area contributed by atoms with Crippen LogP contribution in [0, 0.1) is 12.7 Å². The van der Waals surface area contributed by atoms with E-state index in [2.05, 4.69) is 31.2 Å². The zero-order chi connectivity index (χ0) is 14.7. The van der Waals surface area contributed by atoms with Crippen molar-refractivity contribution in [2.24, 2.45) is 0 Å². The van der Waals surface area contributed by atoms with Crippen LogP contribution in [0.4, 0.5) is 10.3 Å². The number of benzene rings is 1. The number of aryl methyl sites for hydroxylation is 1. The number of anilines is 1. The van der Waals surface area contributed by atoms with Gasteiger partial charge in [0.05, 0.1) is 23.8 Å². The van der Waals surface area contributed by atoms with Crippen LogP contribution in [0.15, 0.2) is 28.9 Å². The maximum atomic E-state index is 13.6. The molecule has 6 heteroatoms. The summed E-state index contributed by atoms with van der Waals surface area (Å²) >= 11 is 3.29. The van der Waals surface area contributed by atoms with E-state index in [1.807, 2.05) is 13.0 Å². The van der Waals surface area contributed by atoms with Crippen LogP contribution in [0.25, 0.3) is 0 Å². The molecule has 1 unspecified atom stereocenters. The van der Waals surface area contributed by atoms with Crippen molar-refractivity contribution in [3.8, 4) is 5.88 Å². The molecular weight excluding hydrogens is 325 g/mol. The molecule has 0 saturated carbocycles. The van der Waals surface area contributed by atoms with Gasteiger partial charge < -0.3 is 10.1 Å². The lowest BCUT2D eigenvalue weighted by Crippen LogP contribution is -2.10. The third-order valence-corrected chi connectivity index (χ3v) is 3.49. The Balaban J connectivity index is 2.18. The Morgan fingerprint density at radius 2 is 2.15 bits per heavy atom. The van der Waals surface area contributed by atoms with Crippen molar-refractivity contribution in [2.75, 3.05) is 12.4 Å². The lowest BCUT2D eigenvalue weighted by atomic mass is 10.1. The van der Waals surface area contributed by atoms with E-state index >= 15 is 0 Å². The first-order valence-electron chi connectivity index (χ1n) is 6.10. The summed E-state index contributed by atoms with van der Waals surface area (Å²) in [6.07, 6.45) is 1.61. The molecule has 0 radical (unpaired) electrons. The molecule has 20 heavy (non-hydrogen) atoms. The largest absolute Gasteiger partial charge is 0.480 e. The summed E-state index contributed by atoms with van der Waals surface area (Å²) in [7, 11) is 1.54. The molecule has 4 nitrogen and oxygen atoms in total. The third kappa shape index (κ3) is 3.25. The van der Waals surface area contributed by atoms with Gasteiger partial charge in [0.1, 0.15) is 5.82 Å². The standard InChI is InChI=1S/C14H15BrFN3O/c1-8-4-5-10(6-12(8)16)9(2)18-14-17-7-11(15)13(19-14)20-3/h4-7,9H,1-3H3,(H,17,18,19). The fourth-order valence-corrected chi connectivity index (χ4v) is 2.07. The van der Waals surface area contributed by atoms with Gasteiger partial charge in [-0.05, 0) is 47.0 Å². The molecule has 1 aromatic heterocycles. The van der Waals surface area contributed by atoms with Crippen LogP contribution in [0.3, 0.4) is 0 Å². The second kappa shape index (κ2) is 6.17. The molecule has 1 N–H and O–H groups in total. The van der Waals surface area contributed by atoms with E-state index in [4.69, 9.17) is 4.74 Å². The Bertz CT molecular complexity index is 621. The first-order chi connectivity index (χ1) is 9.51. The van der Waals surface area contributed by atoms with E-state index in [9.17, 15) is 4.39 Å². The fraction of sp³-hybridized carbons (Fsp3) is 0.286. The van der Waals surface area contributed by atoms with Crippen molar-refractivity contribution in [2.45, 2.75) is 19.9 Å². The highest BCUT2D eigenvalue weighted by atomic mass is 79.9. The predicted octanol–water partition coefficient (Wildman–Crippen LogP) is 3.87. The smallest absolute Gasteiger partial charge is 0.232 e. The van der Waals surface area contributed by atoms with E-state index in [1.165, 1.54) is 13.2 Å². The van der Waals surface area contributed by atoms with Gasteiger partial charge in [0, 0.05) is 0 Å². The Morgan fingerprint density at radius 3 is 2.80 bits per heavy atom. The Kier molecular flexibility index (Phi) is 4.54. The topological polar surface area (TPSA) is 47.0 Å². The molecule has 106 valence electrons. The minimum absolute atomic E-state index is 0.115. The van der Waals surface area contributed by atoms with Crippen LogP contribution in [-0.2, 0) is 0 Å². The second-order valence-electron chi connectivity index (χ2n) is 4.43. The Labute approximate surface area is 125 Å². The number of ether oxygens (including phenoxy) is 1. The van der Waals surface area contributed by atoms with Gasteiger partial charge in [0.2, 0.25) is 11.8 Å². The van der Waals surface area contributed by atoms with Crippen molar-refractivity contribution < 1.29 is 9.13 Å². The van der Waals surface area contributed by atoms with Crippen LogP contribution >= 0.6 is 15.9 Å². The minimum atomic E-state index is -0.217. The quantitative estimate of drug-likeness (QED) is 0.918. The summed E-state index contributed by atoms with van der Waals surface area (Å²) in [6.45, 7) is 3.65. The van der Waals surface area contributed by atoms with Gasteiger partial charge in [-0.1, -0.05) is 12.1 Å². The summed E-state index contributed by atoms with van der Waals surface area (Å²) in [5.74, 6) is 0.661. The average molecular weight is 340 g/mol. The summed E-state index contributed by atoms with van der Waals surface area (Å²) in [5.41, 5.74) is 1.46. The maximum Gasteiger partial charge on any atom is 0.232 e. The molecule has 0 saturated heterocycles. The highest BCUT2D eigenvalue weighted by Crippen LogP contribution is 2.24. The molecule has 0 fully saturated rings. The minimum Gasteiger partial charge on any atom is -0.480 e. The molecule has 0 spiro atoms. The molecule has 1 atom stereocenters. The van der Waals surface area contributed by atoms with Crippen LogP contribution in [0.2, 0.25) is 0 Å². The normalized spacial score (nSPS) is 12.1. The summed E-state index contributed by atoms with van der Waals surface area (Å²) in [4.78, 5) is 8.36. The van der Waals surface area contributed by atoms with E-state index in [1.54, 1.807) is 19.2 Å². The fourth-order valence-electron chi connectivity index (χ4n) is 1.72. The molecule has 0 bridgehead atoms. The number of halogens is 2. The van der Waals surface area contributed by atoms with Crippen LogP contribution in [-0.4, -0.2) is 17.1 Å². The van der Waals surface area contributed by atoms with Crippen molar-refractivity contribution in [3.05, 3.63) is 45.8 Å². The van der Waals surface area contributed by atoms with Crippen LogP contribution in [0.1, 0.15) is 24.1 Å². The lowest BCUT2D eigenvalue weighted by Gasteiger charge is -2.15. The average Bonchev–Trinajstić information content (AvgIpc) is 2.43. The number of aromatic nitrogens is 2. The van der Waals surface area contributed by atoms with Gasteiger partial charge in [0.25, 0.3) is 0 Å². The molecule has 1 aromatic carbocycles. The first-order valence-corrected chi connectivity index (χ1v) is 6.89. The van der Waals surface area contributed by atoms with Crippen molar-refractivity contribution in [1.82, 2.24) is 9.97 Å². The zero-order valence-corrected chi connectivity index (χ0v) is 13.0. The van der Waals surface area contributed by atoms with Crippen LogP contribution < -0.4 is 10.1 Å². The predicted molar refractivity (Wildman–Crippen MR) is 79.5 cm³/mol. The van der Waals surface area contributed by atoms with Gasteiger partial charge in [-0.3, -0.25) is 0 Å². The number of rotatable bonds is 4. The number of hydrogen-bond donors (Lipinski definition) is 1. The number of nitrogens with zero attached hydrogens (tertiary/aromatic N) is 2. The summed E-state index contributed by atoms with van der Waals surface area (Å²) < 4.78 is 19.4. The van der Waals surface area contributed by atoms with E-state index in [0.717, 1.165) is 5.56 Å². The van der Waals surface area contributed by atoms with E-state index < -0.39 is 0 Å². The van der Waals surface area contributed by atoms with Crippen molar-refractivity contribution in [1.29, 1.82) is 0 Å². The lowest BCUT2D eigenvalue weighted by molar-refractivity contribution is 0.394. The molecule has 0 aliphatic heterocycles. The van der Waals surface area contributed by atoms with E-state index in [0.29, 0.717) is 21.9 Å². The highest BCUT2D eigenvalue weighted by molar-refractivity contribution is 9.10. The van der Waals surface area contributed by atoms with Crippen LogP contribution in [0.5, 0.6) is 5.88 Å². The summed E-state index contributed by atoms with van der Waals surface area (Å²) in [5, 5.41) is 3.12.